The van der Waals surface area contributed by atoms with E-state index in [9.17, 15) is 4.79 Å². The smallest absolute Gasteiger partial charge is 0.412 e. The Hall–Kier alpha value is -1.55. The minimum absolute atomic E-state index is 0.377. The summed E-state index contributed by atoms with van der Waals surface area (Å²) in [5.41, 5.74) is 1.90. The molecule has 1 rings (SSSR count). The Morgan fingerprint density at radius 2 is 1.61 bits per heavy atom. The molecule has 0 heterocycles. The van der Waals surface area contributed by atoms with Crippen molar-refractivity contribution >= 4 is 11.8 Å². The molecule has 0 aromatic heterocycles. The first-order valence-corrected chi connectivity index (χ1v) is 8.35. The third-order valence-corrected chi connectivity index (χ3v) is 3.24. The molecule has 0 bridgehead atoms. The zero-order chi connectivity index (χ0) is 17.5. The lowest BCUT2D eigenvalue weighted by atomic mass is 9.92. The molecular formula is C19H32N2O2. The zero-order valence-electron chi connectivity index (χ0n) is 15.5. The maximum absolute atomic E-state index is 11.7. The lowest BCUT2D eigenvalue weighted by Gasteiger charge is -2.19. The molecule has 0 aliphatic heterocycles. The van der Waals surface area contributed by atoms with E-state index in [-0.39, 0.29) is 0 Å². The number of carbonyl (C=O) groups is 1. The van der Waals surface area contributed by atoms with Crippen molar-refractivity contribution in [3.63, 3.8) is 0 Å². The molecule has 0 atom stereocenters. The summed E-state index contributed by atoms with van der Waals surface area (Å²) in [6.45, 7) is 14.3. The molecule has 0 fully saturated rings. The third-order valence-electron chi connectivity index (χ3n) is 3.24. The molecule has 1 amide bonds. The normalized spacial score (nSPS) is 12.1. The van der Waals surface area contributed by atoms with Crippen LogP contribution in [0.4, 0.5) is 10.5 Å². The molecule has 0 aliphatic rings. The van der Waals surface area contributed by atoms with Gasteiger partial charge in [-0.25, -0.2) is 4.79 Å². The van der Waals surface area contributed by atoms with Crippen LogP contribution in [0.1, 0.15) is 53.5 Å². The van der Waals surface area contributed by atoms with Gasteiger partial charge in [-0.3, -0.25) is 5.32 Å². The van der Waals surface area contributed by atoms with Crippen LogP contribution >= 0.6 is 0 Å². The predicted molar refractivity (Wildman–Crippen MR) is 96.9 cm³/mol. The first-order chi connectivity index (χ1) is 10.6. The largest absolute Gasteiger partial charge is 0.444 e. The van der Waals surface area contributed by atoms with Gasteiger partial charge in [-0.1, -0.05) is 32.9 Å². The zero-order valence-corrected chi connectivity index (χ0v) is 15.5. The fourth-order valence-corrected chi connectivity index (χ4v) is 2.00. The second kappa shape index (κ2) is 8.34. The standard InChI is InChI=1S/C19H32N2O2/c1-18(2,3)12-14-20-13-11-15-7-9-16(10-8-15)21-17(22)23-19(4,5)6/h7-10,20H,11-14H2,1-6H3,(H,21,22). The van der Waals surface area contributed by atoms with Gasteiger partial charge in [-0.05, 0) is 69.8 Å². The molecule has 0 radical (unpaired) electrons. The van der Waals surface area contributed by atoms with Gasteiger partial charge >= 0.3 is 6.09 Å². The van der Waals surface area contributed by atoms with E-state index in [4.69, 9.17) is 4.74 Å². The average molecular weight is 320 g/mol. The van der Waals surface area contributed by atoms with E-state index in [1.807, 2.05) is 45.0 Å². The van der Waals surface area contributed by atoms with Crippen LogP contribution in [0.15, 0.2) is 24.3 Å². The number of carbonyl (C=O) groups excluding carboxylic acids is 1. The maximum atomic E-state index is 11.7. The Kier molecular flexibility index (Phi) is 7.07. The van der Waals surface area contributed by atoms with Gasteiger partial charge in [-0.15, -0.1) is 0 Å². The van der Waals surface area contributed by atoms with Crippen LogP contribution in [0.2, 0.25) is 0 Å². The summed E-state index contributed by atoms with van der Waals surface area (Å²) in [4.78, 5) is 11.7. The Bertz CT molecular complexity index is 482. The summed E-state index contributed by atoms with van der Waals surface area (Å²) in [5, 5.41) is 6.22. The molecule has 0 saturated carbocycles. The number of hydrogen-bond acceptors (Lipinski definition) is 3. The Morgan fingerprint density at radius 1 is 1.00 bits per heavy atom. The molecule has 0 aliphatic carbocycles. The van der Waals surface area contributed by atoms with Crippen molar-refractivity contribution in [3.8, 4) is 0 Å². The Balaban J connectivity index is 2.32. The Morgan fingerprint density at radius 3 is 2.13 bits per heavy atom. The number of benzene rings is 1. The summed E-state index contributed by atoms with van der Waals surface area (Å²) in [5.74, 6) is 0. The van der Waals surface area contributed by atoms with Gasteiger partial charge in [0.1, 0.15) is 5.60 Å². The fourth-order valence-electron chi connectivity index (χ4n) is 2.00. The molecule has 0 spiro atoms. The van der Waals surface area contributed by atoms with Crippen molar-refractivity contribution in [1.29, 1.82) is 0 Å². The second-order valence-corrected chi connectivity index (χ2v) is 8.13. The van der Waals surface area contributed by atoms with Gasteiger partial charge in [-0.2, -0.15) is 0 Å². The number of hydrogen-bond donors (Lipinski definition) is 2. The van der Waals surface area contributed by atoms with E-state index in [2.05, 4.69) is 31.4 Å². The quantitative estimate of drug-likeness (QED) is 0.753. The monoisotopic (exact) mass is 320 g/mol. The minimum atomic E-state index is -0.483. The molecule has 1 aromatic rings. The average Bonchev–Trinajstić information content (AvgIpc) is 2.36. The van der Waals surface area contributed by atoms with Crippen LogP contribution < -0.4 is 10.6 Å². The molecule has 130 valence electrons. The van der Waals surface area contributed by atoms with Gasteiger partial charge in [0.15, 0.2) is 0 Å². The molecule has 4 nitrogen and oxygen atoms in total. The second-order valence-electron chi connectivity index (χ2n) is 8.13. The van der Waals surface area contributed by atoms with Gasteiger partial charge in [0.05, 0.1) is 0 Å². The lowest BCUT2D eigenvalue weighted by Crippen LogP contribution is -2.27. The van der Waals surface area contributed by atoms with Crippen molar-refractivity contribution in [2.45, 2.75) is 60.0 Å². The first kappa shape index (κ1) is 19.5. The van der Waals surface area contributed by atoms with Crippen LogP contribution in [-0.2, 0) is 11.2 Å². The van der Waals surface area contributed by atoms with Gasteiger partial charge in [0, 0.05) is 5.69 Å². The van der Waals surface area contributed by atoms with E-state index >= 15 is 0 Å². The van der Waals surface area contributed by atoms with E-state index in [1.165, 1.54) is 12.0 Å². The van der Waals surface area contributed by atoms with E-state index in [0.29, 0.717) is 5.41 Å². The van der Waals surface area contributed by atoms with Gasteiger partial charge < -0.3 is 10.1 Å². The van der Waals surface area contributed by atoms with Crippen LogP contribution in [0.25, 0.3) is 0 Å². The highest BCUT2D eigenvalue weighted by Gasteiger charge is 2.16. The van der Waals surface area contributed by atoms with E-state index in [0.717, 1.165) is 25.2 Å². The van der Waals surface area contributed by atoms with Crippen LogP contribution in [0.3, 0.4) is 0 Å². The van der Waals surface area contributed by atoms with Gasteiger partial charge in [0.2, 0.25) is 0 Å². The molecule has 1 aromatic carbocycles. The molecule has 23 heavy (non-hydrogen) atoms. The third kappa shape index (κ3) is 9.95. The van der Waals surface area contributed by atoms with Crippen LogP contribution in [-0.4, -0.2) is 24.8 Å². The molecule has 0 unspecified atom stereocenters. The number of ether oxygens (including phenoxy) is 1. The van der Waals surface area contributed by atoms with E-state index < -0.39 is 11.7 Å². The summed E-state index contributed by atoms with van der Waals surface area (Å²) >= 11 is 0. The van der Waals surface area contributed by atoms with Crippen molar-refractivity contribution in [2.75, 3.05) is 18.4 Å². The Labute approximate surface area is 141 Å². The van der Waals surface area contributed by atoms with Crippen molar-refractivity contribution in [3.05, 3.63) is 29.8 Å². The number of amides is 1. The number of nitrogens with one attached hydrogen (secondary N) is 2. The lowest BCUT2D eigenvalue weighted by molar-refractivity contribution is 0.0636. The number of rotatable bonds is 6. The maximum Gasteiger partial charge on any atom is 0.412 e. The summed E-state index contributed by atoms with van der Waals surface area (Å²) in [6.07, 6.45) is 1.73. The first-order valence-electron chi connectivity index (χ1n) is 8.35. The summed E-state index contributed by atoms with van der Waals surface area (Å²) < 4.78 is 5.23. The highest BCUT2D eigenvalue weighted by Crippen LogP contribution is 2.17. The summed E-state index contributed by atoms with van der Waals surface area (Å²) in [7, 11) is 0. The SMILES string of the molecule is CC(C)(C)CCNCCc1ccc(NC(=O)OC(C)(C)C)cc1. The molecule has 2 N–H and O–H groups in total. The predicted octanol–water partition coefficient (Wildman–Crippen LogP) is 4.60. The van der Waals surface area contributed by atoms with Crippen LogP contribution in [0.5, 0.6) is 0 Å². The fraction of sp³-hybridized carbons (Fsp3) is 0.632. The summed E-state index contributed by atoms with van der Waals surface area (Å²) in [6, 6.07) is 7.90. The van der Waals surface area contributed by atoms with Gasteiger partial charge in [0.25, 0.3) is 0 Å². The van der Waals surface area contributed by atoms with Crippen molar-refractivity contribution in [1.82, 2.24) is 5.32 Å². The molecule has 0 saturated heterocycles. The van der Waals surface area contributed by atoms with E-state index in [1.54, 1.807) is 0 Å². The highest BCUT2D eigenvalue weighted by molar-refractivity contribution is 5.84. The van der Waals surface area contributed by atoms with Crippen LogP contribution in [0, 0.1) is 5.41 Å². The molecule has 4 heteroatoms. The number of anilines is 1. The minimum Gasteiger partial charge on any atom is -0.444 e. The highest BCUT2D eigenvalue weighted by atomic mass is 16.6. The topological polar surface area (TPSA) is 50.4 Å². The molecular weight excluding hydrogens is 288 g/mol. The van der Waals surface area contributed by atoms with Crippen molar-refractivity contribution < 1.29 is 9.53 Å². The van der Waals surface area contributed by atoms with Crippen molar-refractivity contribution in [2.24, 2.45) is 5.41 Å².